The number of ether oxygens (including phenoxy) is 1. The van der Waals surface area contributed by atoms with Crippen LogP contribution < -0.4 is 0 Å². The SMILES string of the molecule is O=C(O)CCOC1CCN(Cc2ccc(Br)cn2)CC1. The fraction of sp³-hybridized carbons (Fsp3) is 0.571. The highest BCUT2D eigenvalue weighted by Crippen LogP contribution is 2.16. The first-order valence-electron chi connectivity index (χ1n) is 6.79. The summed E-state index contributed by atoms with van der Waals surface area (Å²) in [6.45, 7) is 3.11. The van der Waals surface area contributed by atoms with Crippen molar-refractivity contribution in [2.24, 2.45) is 0 Å². The Morgan fingerprint density at radius 3 is 2.80 bits per heavy atom. The monoisotopic (exact) mass is 342 g/mol. The quantitative estimate of drug-likeness (QED) is 0.859. The number of carbonyl (C=O) groups is 1. The molecule has 2 heterocycles. The number of pyridine rings is 1. The largest absolute Gasteiger partial charge is 0.481 e. The second-order valence-electron chi connectivity index (χ2n) is 4.96. The number of carboxylic acids is 1. The van der Waals surface area contributed by atoms with Gasteiger partial charge in [-0.1, -0.05) is 0 Å². The third kappa shape index (κ3) is 5.19. The van der Waals surface area contributed by atoms with Crippen LogP contribution in [0.4, 0.5) is 0 Å². The summed E-state index contributed by atoms with van der Waals surface area (Å²) >= 11 is 3.38. The number of aliphatic carboxylic acids is 1. The minimum Gasteiger partial charge on any atom is -0.481 e. The van der Waals surface area contributed by atoms with Crippen LogP contribution in [0.25, 0.3) is 0 Å². The number of nitrogens with zero attached hydrogens (tertiary/aromatic N) is 2. The molecule has 0 aromatic carbocycles. The predicted octanol–water partition coefficient (Wildman–Crippen LogP) is 2.30. The number of likely N-dealkylation sites (tertiary alicyclic amines) is 1. The van der Waals surface area contributed by atoms with Crippen LogP contribution in [0.2, 0.25) is 0 Å². The van der Waals surface area contributed by atoms with Crippen molar-refractivity contribution < 1.29 is 14.6 Å². The number of halogens is 1. The first kappa shape index (κ1) is 15.4. The molecule has 0 bridgehead atoms. The molecular weight excluding hydrogens is 324 g/mol. The van der Waals surface area contributed by atoms with Crippen LogP contribution in [-0.4, -0.2) is 46.8 Å². The maximum atomic E-state index is 10.4. The van der Waals surface area contributed by atoms with Gasteiger partial charge in [0, 0.05) is 30.3 Å². The fourth-order valence-electron chi connectivity index (χ4n) is 2.28. The van der Waals surface area contributed by atoms with E-state index in [4.69, 9.17) is 9.84 Å². The lowest BCUT2D eigenvalue weighted by Crippen LogP contribution is -2.37. The van der Waals surface area contributed by atoms with Crippen molar-refractivity contribution in [2.75, 3.05) is 19.7 Å². The van der Waals surface area contributed by atoms with Gasteiger partial charge in [-0.15, -0.1) is 0 Å². The van der Waals surface area contributed by atoms with Gasteiger partial charge in [0.1, 0.15) is 0 Å². The zero-order chi connectivity index (χ0) is 14.4. The summed E-state index contributed by atoms with van der Waals surface area (Å²) in [4.78, 5) is 17.2. The van der Waals surface area contributed by atoms with E-state index < -0.39 is 5.97 Å². The number of piperidine rings is 1. The summed E-state index contributed by atoms with van der Waals surface area (Å²) < 4.78 is 6.57. The van der Waals surface area contributed by atoms with Gasteiger partial charge in [0.25, 0.3) is 0 Å². The zero-order valence-corrected chi connectivity index (χ0v) is 12.9. The molecule has 2 rings (SSSR count). The number of hydrogen-bond acceptors (Lipinski definition) is 4. The maximum absolute atomic E-state index is 10.4. The molecule has 20 heavy (non-hydrogen) atoms. The Morgan fingerprint density at radius 2 is 2.20 bits per heavy atom. The Labute approximate surface area is 127 Å². The first-order valence-corrected chi connectivity index (χ1v) is 7.59. The minimum atomic E-state index is -0.802. The van der Waals surface area contributed by atoms with Crippen LogP contribution in [0.1, 0.15) is 25.0 Å². The lowest BCUT2D eigenvalue weighted by atomic mass is 10.1. The van der Waals surface area contributed by atoms with E-state index in [0.29, 0.717) is 6.61 Å². The summed E-state index contributed by atoms with van der Waals surface area (Å²) in [6, 6.07) is 4.03. The molecule has 1 fully saturated rings. The third-order valence-corrected chi connectivity index (χ3v) is 3.85. The summed E-state index contributed by atoms with van der Waals surface area (Å²) in [5.41, 5.74) is 1.07. The van der Waals surface area contributed by atoms with Crippen LogP contribution in [0.5, 0.6) is 0 Å². The van der Waals surface area contributed by atoms with Crippen LogP contribution in [0.15, 0.2) is 22.8 Å². The van der Waals surface area contributed by atoms with Gasteiger partial charge in [0.15, 0.2) is 0 Å². The van der Waals surface area contributed by atoms with Gasteiger partial charge in [-0.25, -0.2) is 0 Å². The van der Waals surface area contributed by atoms with Crippen molar-refractivity contribution in [3.8, 4) is 0 Å². The van der Waals surface area contributed by atoms with Crippen LogP contribution in [0.3, 0.4) is 0 Å². The topological polar surface area (TPSA) is 62.7 Å². The molecule has 1 aromatic heterocycles. The van der Waals surface area contributed by atoms with E-state index in [1.807, 2.05) is 18.3 Å². The molecule has 0 saturated carbocycles. The van der Waals surface area contributed by atoms with E-state index >= 15 is 0 Å². The summed E-state index contributed by atoms with van der Waals surface area (Å²) in [6.07, 6.45) is 4.01. The molecule has 0 aliphatic carbocycles. The molecule has 6 heteroatoms. The Morgan fingerprint density at radius 1 is 1.45 bits per heavy atom. The van der Waals surface area contributed by atoms with Gasteiger partial charge >= 0.3 is 5.97 Å². The molecule has 0 spiro atoms. The molecule has 0 radical (unpaired) electrons. The average molecular weight is 343 g/mol. The maximum Gasteiger partial charge on any atom is 0.305 e. The standard InChI is InChI=1S/C14H19BrN2O3/c15-11-1-2-12(16-9-11)10-17-6-3-13(4-7-17)20-8-5-14(18)19/h1-2,9,13H,3-8,10H2,(H,18,19). The first-order chi connectivity index (χ1) is 9.63. The van der Waals surface area contributed by atoms with Crippen molar-refractivity contribution in [3.63, 3.8) is 0 Å². The average Bonchev–Trinajstić information content (AvgIpc) is 2.43. The Kier molecular flexibility index (Phi) is 5.94. The van der Waals surface area contributed by atoms with Crippen molar-refractivity contribution in [3.05, 3.63) is 28.5 Å². The van der Waals surface area contributed by atoms with Gasteiger partial charge in [0.2, 0.25) is 0 Å². The lowest BCUT2D eigenvalue weighted by molar-refractivity contribution is -0.138. The summed E-state index contributed by atoms with van der Waals surface area (Å²) in [7, 11) is 0. The molecule has 1 saturated heterocycles. The lowest BCUT2D eigenvalue weighted by Gasteiger charge is -2.31. The van der Waals surface area contributed by atoms with Crippen LogP contribution >= 0.6 is 15.9 Å². The number of hydrogen-bond donors (Lipinski definition) is 1. The molecular formula is C14H19BrN2O3. The van der Waals surface area contributed by atoms with E-state index in [1.165, 1.54) is 0 Å². The van der Waals surface area contributed by atoms with E-state index in [1.54, 1.807) is 0 Å². The van der Waals surface area contributed by atoms with E-state index in [9.17, 15) is 4.79 Å². The highest BCUT2D eigenvalue weighted by atomic mass is 79.9. The molecule has 1 N–H and O–H groups in total. The molecule has 5 nitrogen and oxygen atoms in total. The Balaban J connectivity index is 1.68. The van der Waals surface area contributed by atoms with Gasteiger partial charge in [-0.2, -0.15) is 0 Å². The summed E-state index contributed by atoms with van der Waals surface area (Å²) in [5, 5.41) is 8.57. The predicted molar refractivity (Wildman–Crippen MR) is 78.4 cm³/mol. The van der Waals surface area contributed by atoms with Crippen molar-refractivity contribution in [2.45, 2.75) is 31.9 Å². The normalized spacial score (nSPS) is 17.2. The highest BCUT2D eigenvalue weighted by molar-refractivity contribution is 9.10. The van der Waals surface area contributed by atoms with Crippen LogP contribution in [0, 0.1) is 0 Å². The van der Waals surface area contributed by atoms with Gasteiger partial charge in [0.05, 0.1) is 24.8 Å². The Hall–Kier alpha value is -0.980. The summed E-state index contributed by atoms with van der Waals surface area (Å²) in [5.74, 6) is -0.802. The zero-order valence-electron chi connectivity index (χ0n) is 11.3. The number of carboxylic acid groups (broad SMARTS) is 1. The van der Waals surface area contributed by atoms with Crippen molar-refractivity contribution in [1.82, 2.24) is 9.88 Å². The molecule has 1 aliphatic rings. The van der Waals surface area contributed by atoms with Gasteiger partial charge in [-0.3, -0.25) is 14.7 Å². The van der Waals surface area contributed by atoms with Gasteiger partial charge < -0.3 is 9.84 Å². The smallest absolute Gasteiger partial charge is 0.305 e. The molecule has 1 aromatic rings. The van der Waals surface area contributed by atoms with Crippen molar-refractivity contribution >= 4 is 21.9 Å². The molecule has 0 unspecified atom stereocenters. The second-order valence-corrected chi connectivity index (χ2v) is 5.87. The number of aromatic nitrogens is 1. The van der Waals surface area contributed by atoms with E-state index in [-0.39, 0.29) is 12.5 Å². The molecule has 110 valence electrons. The highest BCUT2D eigenvalue weighted by Gasteiger charge is 2.20. The molecule has 0 amide bonds. The molecule has 0 atom stereocenters. The third-order valence-electron chi connectivity index (χ3n) is 3.38. The van der Waals surface area contributed by atoms with Gasteiger partial charge in [-0.05, 0) is 40.9 Å². The molecule has 1 aliphatic heterocycles. The van der Waals surface area contributed by atoms with Crippen LogP contribution in [-0.2, 0) is 16.1 Å². The second kappa shape index (κ2) is 7.71. The van der Waals surface area contributed by atoms with E-state index in [2.05, 4.69) is 25.8 Å². The van der Waals surface area contributed by atoms with Crippen molar-refractivity contribution in [1.29, 1.82) is 0 Å². The number of rotatable bonds is 6. The minimum absolute atomic E-state index is 0.0863. The fourth-order valence-corrected chi connectivity index (χ4v) is 2.51. The van der Waals surface area contributed by atoms with E-state index in [0.717, 1.165) is 42.6 Å². The Bertz CT molecular complexity index is 431.